The van der Waals surface area contributed by atoms with Crippen LogP contribution in [0.1, 0.15) is 41.7 Å². The Morgan fingerprint density at radius 2 is 1.81 bits per heavy atom. The molecule has 1 spiro atoms. The zero-order valence-electron chi connectivity index (χ0n) is 16.0. The van der Waals surface area contributed by atoms with Gasteiger partial charge in [0.05, 0.1) is 17.2 Å². The quantitative estimate of drug-likeness (QED) is 0.821. The number of piperidine rings is 2. The lowest BCUT2D eigenvalue weighted by Gasteiger charge is -2.47. The average molecular weight is 366 g/mol. The zero-order chi connectivity index (χ0) is 19.0. The summed E-state index contributed by atoms with van der Waals surface area (Å²) in [5.74, 6) is 0.157. The summed E-state index contributed by atoms with van der Waals surface area (Å²) in [7, 11) is 1.84. The number of likely N-dealkylation sites (tertiary alicyclic amines) is 1. The minimum atomic E-state index is -0.460. The van der Waals surface area contributed by atoms with Gasteiger partial charge in [-0.3, -0.25) is 14.3 Å². The first kappa shape index (κ1) is 17.8. The predicted molar refractivity (Wildman–Crippen MR) is 104 cm³/mol. The highest BCUT2D eigenvalue weighted by molar-refractivity contribution is 6.00. The van der Waals surface area contributed by atoms with E-state index in [0.717, 1.165) is 43.6 Å². The van der Waals surface area contributed by atoms with Gasteiger partial charge >= 0.3 is 0 Å². The molecular formula is C21H26N4O2. The number of aromatic nitrogens is 2. The van der Waals surface area contributed by atoms with Gasteiger partial charge in [0, 0.05) is 38.1 Å². The molecular weight excluding hydrogens is 340 g/mol. The Morgan fingerprint density at radius 1 is 1.11 bits per heavy atom. The summed E-state index contributed by atoms with van der Waals surface area (Å²) in [6.45, 7) is 3.86. The standard InChI is InChI=1S/C21H26N4O2/c1-16-18(14-22-23(16)2)19(26)24-12-6-10-21(15-24)11-7-13-25(20(21)27)17-8-4-3-5-9-17/h3-5,8-9,14H,6-7,10-13,15H2,1-2H3. The van der Waals surface area contributed by atoms with Gasteiger partial charge in [-0.15, -0.1) is 0 Å². The van der Waals surface area contributed by atoms with Crippen molar-refractivity contribution in [1.29, 1.82) is 0 Å². The summed E-state index contributed by atoms with van der Waals surface area (Å²) < 4.78 is 1.72. The topological polar surface area (TPSA) is 58.4 Å². The Hall–Kier alpha value is -2.63. The first-order valence-electron chi connectivity index (χ1n) is 9.67. The van der Waals surface area contributed by atoms with Gasteiger partial charge in [-0.25, -0.2) is 0 Å². The molecule has 1 aromatic heterocycles. The van der Waals surface area contributed by atoms with Crippen LogP contribution in [0.4, 0.5) is 5.69 Å². The molecule has 1 atom stereocenters. The van der Waals surface area contributed by atoms with Crippen LogP contribution in [0, 0.1) is 12.3 Å². The third-order valence-corrected chi connectivity index (χ3v) is 6.13. The van der Waals surface area contributed by atoms with Crippen molar-refractivity contribution in [2.45, 2.75) is 32.6 Å². The molecule has 142 valence electrons. The lowest BCUT2D eigenvalue weighted by Crippen LogP contribution is -2.57. The second-order valence-corrected chi connectivity index (χ2v) is 7.77. The first-order valence-corrected chi connectivity index (χ1v) is 9.67. The van der Waals surface area contributed by atoms with E-state index in [1.807, 2.05) is 54.1 Å². The molecule has 1 aromatic carbocycles. The van der Waals surface area contributed by atoms with E-state index >= 15 is 0 Å². The van der Waals surface area contributed by atoms with E-state index in [2.05, 4.69) is 5.10 Å². The van der Waals surface area contributed by atoms with Crippen molar-refractivity contribution < 1.29 is 9.59 Å². The van der Waals surface area contributed by atoms with Gasteiger partial charge in [0.1, 0.15) is 0 Å². The normalized spacial score (nSPS) is 23.1. The number of para-hydroxylation sites is 1. The molecule has 2 aromatic rings. The molecule has 6 heteroatoms. The maximum absolute atomic E-state index is 13.4. The number of amides is 2. The lowest BCUT2D eigenvalue weighted by atomic mass is 9.72. The molecule has 2 aliphatic heterocycles. The van der Waals surface area contributed by atoms with Crippen molar-refractivity contribution in [3.8, 4) is 0 Å². The Kier molecular flexibility index (Phi) is 4.50. The van der Waals surface area contributed by atoms with E-state index in [9.17, 15) is 9.59 Å². The van der Waals surface area contributed by atoms with Crippen LogP contribution in [-0.4, -0.2) is 46.1 Å². The highest BCUT2D eigenvalue weighted by Crippen LogP contribution is 2.41. The smallest absolute Gasteiger partial charge is 0.257 e. The Morgan fingerprint density at radius 3 is 2.48 bits per heavy atom. The number of carbonyl (C=O) groups is 2. The van der Waals surface area contributed by atoms with Gasteiger partial charge in [0.2, 0.25) is 5.91 Å². The van der Waals surface area contributed by atoms with E-state index in [1.54, 1.807) is 10.9 Å². The fourth-order valence-corrected chi connectivity index (χ4v) is 4.49. The second kappa shape index (κ2) is 6.83. The number of carbonyl (C=O) groups excluding carboxylic acids is 2. The molecule has 2 aliphatic rings. The van der Waals surface area contributed by atoms with Crippen molar-refractivity contribution in [2.24, 2.45) is 12.5 Å². The third kappa shape index (κ3) is 3.03. The minimum absolute atomic E-state index is 0.00990. The summed E-state index contributed by atoms with van der Waals surface area (Å²) >= 11 is 0. The molecule has 0 aliphatic carbocycles. The molecule has 1 unspecified atom stereocenters. The summed E-state index contributed by atoms with van der Waals surface area (Å²) in [6.07, 6.45) is 5.17. The Labute approximate surface area is 159 Å². The van der Waals surface area contributed by atoms with Gasteiger partial charge in [0.15, 0.2) is 0 Å². The number of nitrogens with zero attached hydrogens (tertiary/aromatic N) is 4. The average Bonchev–Trinajstić information content (AvgIpc) is 3.03. The predicted octanol–water partition coefficient (Wildman–Crippen LogP) is 2.78. The van der Waals surface area contributed by atoms with Crippen molar-refractivity contribution >= 4 is 17.5 Å². The monoisotopic (exact) mass is 366 g/mol. The molecule has 0 radical (unpaired) electrons. The summed E-state index contributed by atoms with van der Waals surface area (Å²) in [5.41, 5.74) is 1.99. The van der Waals surface area contributed by atoms with Gasteiger partial charge in [-0.1, -0.05) is 18.2 Å². The second-order valence-electron chi connectivity index (χ2n) is 7.77. The molecule has 0 saturated carbocycles. The maximum atomic E-state index is 13.4. The molecule has 27 heavy (non-hydrogen) atoms. The molecule has 4 rings (SSSR count). The van der Waals surface area contributed by atoms with Crippen molar-refractivity contribution in [1.82, 2.24) is 14.7 Å². The number of anilines is 1. The molecule has 6 nitrogen and oxygen atoms in total. The van der Waals surface area contributed by atoms with Crippen molar-refractivity contribution in [2.75, 3.05) is 24.5 Å². The Balaban J connectivity index is 1.58. The van der Waals surface area contributed by atoms with Crippen LogP contribution in [0.3, 0.4) is 0 Å². The number of aryl methyl sites for hydroxylation is 1. The fourth-order valence-electron chi connectivity index (χ4n) is 4.49. The molecule has 2 amide bonds. The fraction of sp³-hybridized carbons (Fsp3) is 0.476. The molecule has 2 fully saturated rings. The van der Waals surface area contributed by atoms with Crippen LogP contribution >= 0.6 is 0 Å². The van der Waals surface area contributed by atoms with Crippen LogP contribution in [0.25, 0.3) is 0 Å². The van der Waals surface area contributed by atoms with E-state index in [0.29, 0.717) is 18.7 Å². The van der Waals surface area contributed by atoms with E-state index in [1.165, 1.54) is 0 Å². The van der Waals surface area contributed by atoms with Gasteiger partial charge < -0.3 is 9.80 Å². The Bertz CT molecular complexity index is 856. The van der Waals surface area contributed by atoms with Gasteiger partial charge in [0.25, 0.3) is 5.91 Å². The lowest BCUT2D eigenvalue weighted by molar-refractivity contribution is -0.133. The largest absolute Gasteiger partial charge is 0.337 e. The van der Waals surface area contributed by atoms with E-state index in [4.69, 9.17) is 0 Å². The third-order valence-electron chi connectivity index (χ3n) is 6.13. The summed E-state index contributed by atoms with van der Waals surface area (Å²) in [4.78, 5) is 30.3. The van der Waals surface area contributed by atoms with Gasteiger partial charge in [-0.05, 0) is 44.7 Å². The van der Waals surface area contributed by atoms with Crippen molar-refractivity contribution in [3.05, 3.63) is 47.8 Å². The van der Waals surface area contributed by atoms with Crippen LogP contribution in [0.15, 0.2) is 36.5 Å². The minimum Gasteiger partial charge on any atom is -0.337 e. The summed E-state index contributed by atoms with van der Waals surface area (Å²) in [6, 6.07) is 9.87. The first-order chi connectivity index (χ1) is 13.0. The van der Waals surface area contributed by atoms with E-state index in [-0.39, 0.29) is 11.8 Å². The highest BCUT2D eigenvalue weighted by Gasteiger charge is 2.47. The number of hydrogen-bond donors (Lipinski definition) is 0. The molecule has 0 bridgehead atoms. The van der Waals surface area contributed by atoms with Gasteiger partial charge in [-0.2, -0.15) is 5.10 Å². The van der Waals surface area contributed by atoms with Crippen LogP contribution in [-0.2, 0) is 11.8 Å². The van der Waals surface area contributed by atoms with Crippen LogP contribution in [0.5, 0.6) is 0 Å². The van der Waals surface area contributed by atoms with Crippen LogP contribution in [0.2, 0.25) is 0 Å². The summed E-state index contributed by atoms with van der Waals surface area (Å²) in [5, 5.41) is 4.20. The molecule has 3 heterocycles. The zero-order valence-corrected chi connectivity index (χ0v) is 16.0. The number of hydrogen-bond acceptors (Lipinski definition) is 3. The van der Waals surface area contributed by atoms with Crippen molar-refractivity contribution in [3.63, 3.8) is 0 Å². The molecule has 0 N–H and O–H groups in total. The van der Waals surface area contributed by atoms with E-state index < -0.39 is 5.41 Å². The molecule has 2 saturated heterocycles. The number of benzene rings is 1. The maximum Gasteiger partial charge on any atom is 0.257 e. The van der Waals surface area contributed by atoms with Crippen LogP contribution < -0.4 is 4.90 Å². The number of rotatable bonds is 2. The highest BCUT2D eigenvalue weighted by atomic mass is 16.2. The SMILES string of the molecule is Cc1c(C(=O)N2CCCC3(CCCN(c4ccccc4)C3=O)C2)cnn1C.